The van der Waals surface area contributed by atoms with Crippen molar-refractivity contribution in [2.75, 3.05) is 42.3 Å². The molecule has 0 amide bonds. The lowest BCUT2D eigenvalue weighted by molar-refractivity contribution is -0.884. The van der Waals surface area contributed by atoms with Gasteiger partial charge in [0.05, 0.1) is 53.7 Å². The number of nitrogens with zero attached hydrogens (tertiary/aromatic N) is 2. The summed E-state index contributed by atoms with van der Waals surface area (Å²) in [5, 5.41) is 0. The average Bonchev–Trinajstić information content (AvgIpc) is 3.20. The highest BCUT2D eigenvalue weighted by Gasteiger charge is 2.12. The fourth-order valence-electron chi connectivity index (χ4n) is 3.50. The fourth-order valence-corrected chi connectivity index (χ4v) is 3.50. The van der Waals surface area contributed by atoms with Gasteiger partial charge in [0.2, 0.25) is 0 Å². The Balaban J connectivity index is 1.59. The van der Waals surface area contributed by atoms with Crippen molar-refractivity contribution in [1.82, 2.24) is 15.0 Å². The third-order valence-electron chi connectivity index (χ3n) is 4.47. The number of nitrogens with one attached hydrogen (secondary N) is 3. The van der Waals surface area contributed by atoms with Crippen LogP contribution >= 0.6 is 0 Å². The second-order valence-electron chi connectivity index (χ2n) is 9.78. The molecule has 3 aromatic rings. The molecule has 146 valence electrons. The van der Waals surface area contributed by atoms with Crippen LogP contribution < -0.4 is 0 Å². The summed E-state index contributed by atoms with van der Waals surface area (Å²) in [6, 6.07) is 13.2. The molecule has 0 aromatic carbocycles. The third-order valence-corrected chi connectivity index (χ3v) is 4.47. The highest BCUT2D eigenvalue weighted by atomic mass is 15.3. The van der Waals surface area contributed by atoms with Crippen LogP contribution in [0.1, 0.15) is 34.2 Å². The molecule has 0 atom stereocenters. The number of hydrogen-bond acceptors (Lipinski definition) is 0. The smallest absolute Gasteiger partial charge is 0.119 e. The van der Waals surface area contributed by atoms with E-state index in [-0.39, 0.29) is 0 Å². The molecule has 0 bridgehead atoms. The van der Waals surface area contributed by atoms with Crippen LogP contribution in [0.4, 0.5) is 0 Å². The van der Waals surface area contributed by atoms with Gasteiger partial charge in [0.1, 0.15) is 13.1 Å². The number of rotatable bonds is 8. The van der Waals surface area contributed by atoms with Crippen molar-refractivity contribution in [3.8, 4) is 0 Å². The molecule has 0 spiro atoms. The van der Waals surface area contributed by atoms with Crippen LogP contribution in [0.5, 0.6) is 0 Å². The zero-order valence-corrected chi connectivity index (χ0v) is 17.7. The third kappa shape index (κ3) is 6.15. The summed E-state index contributed by atoms with van der Waals surface area (Å²) in [5.41, 5.74) is 7.61. The molecule has 3 N–H and O–H groups in total. The SMILES string of the molecule is C[N+](C)(C)Cc1ccc(Cc2ccc(Cc3ccc(C[N+](C)(C)C)[nH]3)[nH]2)[nH]1. The molecule has 0 saturated heterocycles. The minimum absolute atomic E-state index is 0.911. The Kier molecular flexibility index (Phi) is 5.36. The van der Waals surface area contributed by atoms with Gasteiger partial charge in [-0.3, -0.25) is 0 Å². The quantitative estimate of drug-likeness (QED) is 0.511. The molecule has 5 heteroatoms. The molecule has 3 heterocycles. The van der Waals surface area contributed by atoms with Crippen molar-refractivity contribution in [1.29, 1.82) is 0 Å². The van der Waals surface area contributed by atoms with Gasteiger partial charge in [-0.2, -0.15) is 0 Å². The van der Waals surface area contributed by atoms with Crippen molar-refractivity contribution >= 4 is 0 Å². The Hall–Kier alpha value is -2.24. The van der Waals surface area contributed by atoms with E-state index in [1.165, 1.54) is 34.2 Å². The van der Waals surface area contributed by atoms with Gasteiger partial charge in [-0.25, -0.2) is 0 Å². The molecule has 0 saturated carbocycles. The molecule has 0 unspecified atom stereocenters. The molecule has 27 heavy (non-hydrogen) atoms. The first-order valence-corrected chi connectivity index (χ1v) is 9.67. The van der Waals surface area contributed by atoms with E-state index in [4.69, 9.17) is 0 Å². The van der Waals surface area contributed by atoms with Gasteiger partial charge in [0.15, 0.2) is 0 Å². The first kappa shape index (κ1) is 19.5. The van der Waals surface area contributed by atoms with E-state index in [1.54, 1.807) is 0 Å². The van der Waals surface area contributed by atoms with E-state index in [1.807, 2.05) is 0 Å². The maximum Gasteiger partial charge on any atom is 0.119 e. The molecule has 0 aliphatic rings. The van der Waals surface area contributed by atoms with Crippen LogP contribution in [-0.2, 0) is 25.9 Å². The molecule has 3 aromatic heterocycles. The van der Waals surface area contributed by atoms with Crippen molar-refractivity contribution in [3.05, 3.63) is 70.6 Å². The Morgan fingerprint density at radius 1 is 0.481 bits per heavy atom. The minimum atomic E-state index is 0.911. The van der Waals surface area contributed by atoms with Crippen molar-refractivity contribution < 1.29 is 8.97 Å². The molecular weight excluding hydrogens is 334 g/mol. The molecule has 0 radical (unpaired) electrons. The lowest BCUT2D eigenvalue weighted by Gasteiger charge is -2.22. The van der Waals surface area contributed by atoms with Gasteiger partial charge >= 0.3 is 0 Å². The van der Waals surface area contributed by atoms with Gasteiger partial charge in [0, 0.05) is 35.6 Å². The maximum atomic E-state index is 3.58. The van der Waals surface area contributed by atoms with Crippen LogP contribution in [0.3, 0.4) is 0 Å². The zero-order chi connectivity index (χ0) is 19.7. The van der Waals surface area contributed by atoms with E-state index in [2.05, 4.69) is 93.6 Å². The van der Waals surface area contributed by atoms with Crippen molar-refractivity contribution in [2.45, 2.75) is 25.9 Å². The van der Waals surface area contributed by atoms with Crippen LogP contribution in [-0.4, -0.2) is 66.2 Å². The number of quaternary nitrogens is 2. The average molecular weight is 370 g/mol. The topological polar surface area (TPSA) is 47.4 Å². The Morgan fingerprint density at radius 2 is 0.741 bits per heavy atom. The summed E-state index contributed by atoms with van der Waals surface area (Å²) in [4.78, 5) is 10.7. The van der Waals surface area contributed by atoms with E-state index in [9.17, 15) is 0 Å². The fraction of sp³-hybridized carbons (Fsp3) is 0.455. The second kappa shape index (κ2) is 7.41. The molecule has 0 aliphatic carbocycles. The first-order chi connectivity index (χ1) is 12.6. The lowest BCUT2D eigenvalue weighted by Crippen LogP contribution is -2.33. The first-order valence-electron chi connectivity index (χ1n) is 9.67. The molecular formula is C22H35N5+2. The summed E-state index contributed by atoms with van der Waals surface area (Å²) in [7, 11) is 13.3. The predicted octanol–water partition coefficient (Wildman–Crippen LogP) is 3.26. The number of aromatic nitrogens is 3. The van der Waals surface area contributed by atoms with E-state index < -0.39 is 0 Å². The summed E-state index contributed by atoms with van der Waals surface area (Å²) >= 11 is 0. The summed E-state index contributed by atoms with van der Waals surface area (Å²) in [5.74, 6) is 0. The van der Waals surface area contributed by atoms with Gasteiger partial charge in [-0.05, 0) is 36.4 Å². The molecule has 5 nitrogen and oxygen atoms in total. The standard InChI is InChI=1S/C22H35N5/c1-26(2,3)15-21-11-9-19(24-21)13-17-7-8-18(23-17)14-20-10-12-22(25-20)16-27(4,5)6/h7-12,23-25H,13-16H2,1-6H3/q+2. The summed E-state index contributed by atoms with van der Waals surface area (Å²) in [6.45, 7) is 2.02. The van der Waals surface area contributed by atoms with E-state index in [0.29, 0.717) is 0 Å². The monoisotopic (exact) mass is 369 g/mol. The van der Waals surface area contributed by atoms with Crippen LogP contribution in [0.15, 0.2) is 36.4 Å². The van der Waals surface area contributed by atoms with Gasteiger partial charge in [-0.15, -0.1) is 0 Å². The van der Waals surface area contributed by atoms with Crippen LogP contribution in [0, 0.1) is 0 Å². The highest BCUT2D eigenvalue weighted by molar-refractivity contribution is 5.25. The number of hydrogen-bond donors (Lipinski definition) is 3. The molecule has 0 aliphatic heterocycles. The Morgan fingerprint density at radius 3 is 1.04 bits per heavy atom. The van der Waals surface area contributed by atoms with Crippen molar-refractivity contribution in [2.24, 2.45) is 0 Å². The van der Waals surface area contributed by atoms with Gasteiger partial charge in [-0.1, -0.05) is 0 Å². The van der Waals surface area contributed by atoms with E-state index in [0.717, 1.165) is 34.9 Å². The highest BCUT2D eigenvalue weighted by Crippen LogP contribution is 2.15. The Labute approximate surface area is 163 Å². The van der Waals surface area contributed by atoms with Crippen molar-refractivity contribution in [3.63, 3.8) is 0 Å². The van der Waals surface area contributed by atoms with E-state index >= 15 is 0 Å². The largest absolute Gasteiger partial charge is 0.362 e. The zero-order valence-electron chi connectivity index (χ0n) is 17.7. The van der Waals surface area contributed by atoms with Crippen LogP contribution in [0.2, 0.25) is 0 Å². The van der Waals surface area contributed by atoms with Gasteiger partial charge in [0.25, 0.3) is 0 Å². The lowest BCUT2D eigenvalue weighted by atomic mass is 10.2. The summed E-state index contributed by atoms with van der Waals surface area (Å²) < 4.78 is 1.86. The molecule has 3 rings (SSSR count). The minimum Gasteiger partial charge on any atom is -0.362 e. The second-order valence-corrected chi connectivity index (χ2v) is 9.78. The maximum absolute atomic E-state index is 3.58. The number of H-pyrrole nitrogens is 3. The normalized spacial score (nSPS) is 12.7. The van der Waals surface area contributed by atoms with Crippen LogP contribution in [0.25, 0.3) is 0 Å². The van der Waals surface area contributed by atoms with Gasteiger partial charge < -0.3 is 23.9 Å². The summed E-state index contributed by atoms with van der Waals surface area (Å²) in [6.07, 6.45) is 1.82. The Bertz CT molecular complexity index is 796. The number of aromatic amines is 3. The molecule has 0 fully saturated rings. The predicted molar refractivity (Wildman–Crippen MR) is 111 cm³/mol.